The second-order valence-electron chi connectivity index (χ2n) is 7.03. The van der Waals surface area contributed by atoms with Crippen molar-refractivity contribution in [3.63, 3.8) is 0 Å². The summed E-state index contributed by atoms with van der Waals surface area (Å²) >= 11 is 0. The number of rotatable bonds is 5. The molecular weight excluding hydrogens is 334 g/mol. The van der Waals surface area contributed by atoms with Crippen molar-refractivity contribution in [2.75, 3.05) is 32.7 Å². The summed E-state index contributed by atoms with van der Waals surface area (Å²) in [5, 5.41) is 11.1. The van der Waals surface area contributed by atoms with Gasteiger partial charge in [0.25, 0.3) is 0 Å². The molecule has 2 heterocycles. The first-order valence-electron chi connectivity index (χ1n) is 9.51. The predicted molar refractivity (Wildman–Crippen MR) is 111 cm³/mol. The zero-order valence-corrected chi connectivity index (χ0v) is 15.5. The Labute approximate surface area is 160 Å². The normalized spacial score (nSPS) is 16.3. The summed E-state index contributed by atoms with van der Waals surface area (Å²) in [6, 6.07) is 18.2. The fourth-order valence-corrected chi connectivity index (χ4v) is 3.63. The molecule has 0 radical (unpaired) electrons. The number of aromatic hydroxyl groups is 1. The van der Waals surface area contributed by atoms with Gasteiger partial charge in [-0.1, -0.05) is 54.6 Å². The Morgan fingerprint density at radius 1 is 0.889 bits per heavy atom. The van der Waals surface area contributed by atoms with Crippen molar-refractivity contribution in [2.24, 2.45) is 0 Å². The van der Waals surface area contributed by atoms with Gasteiger partial charge in [-0.25, -0.2) is 0 Å². The van der Waals surface area contributed by atoms with E-state index in [-0.39, 0.29) is 5.75 Å². The van der Waals surface area contributed by atoms with Crippen molar-refractivity contribution in [1.29, 1.82) is 0 Å². The van der Waals surface area contributed by atoms with Crippen molar-refractivity contribution in [2.45, 2.75) is 6.54 Å². The number of piperazine rings is 1. The minimum Gasteiger partial charge on any atom is -0.506 e. The number of phenols is 1. The van der Waals surface area contributed by atoms with Crippen LogP contribution in [0.2, 0.25) is 0 Å². The third kappa shape index (κ3) is 4.35. The number of pyridine rings is 1. The summed E-state index contributed by atoms with van der Waals surface area (Å²) in [5.41, 5.74) is 3.18. The average molecular weight is 359 g/mol. The van der Waals surface area contributed by atoms with E-state index in [1.165, 1.54) is 11.1 Å². The zero-order chi connectivity index (χ0) is 18.5. The van der Waals surface area contributed by atoms with Gasteiger partial charge in [0, 0.05) is 50.9 Å². The van der Waals surface area contributed by atoms with E-state index in [2.05, 4.69) is 51.2 Å². The highest BCUT2D eigenvalue weighted by molar-refractivity contribution is 5.87. The number of hydrogen-bond donors (Lipinski definition) is 1. The van der Waals surface area contributed by atoms with Gasteiger partial charge in [-0.15, -0.1) is 0 Å². The first-order chi connectivity index (χ1) is 13.3. The molecule has 0 spiro atoms. The Hall–Kier alpha value is -2.69. The Balaban J connectivity index is 1.32. The van der Waals surface area contributed by atoms with Crippen LogP contribution in [0.1, 0.15) is 11.1 Å². The lowest BCUT2D eigenvalue weighted by Gasteiger charge is -2.34. The van der Waals surface area contributed by atoms with Crippen molar-refractivity contribution in [3.8, 4) is 5.75 Å². The van der Waals surface area contributed by atoms with Crippen molar-refractivity contribution in [1.82, 2.24) is 14.8 Å². The van der Waals surface area contributed by atoms with Gasteiger partial charge >= 0.3 is 0 Å². The van der Waals surface area contributed by atoms with E-state index in [4.69, 9.17) is 0 Å². The van der Waals surface area contributed by atoms with Crippen molar-refractivity contribution >= 4 is 17.0 Å². The van der Waals surface area contributed by atoms with Gasteiger partial charge in [0.2, 0.25) is 0 Å². The molecular formula is C23H25N3O. The maximum atomic E-state index is 10.0. The number of nitrogens with zero attached hydrogens (tertiary/aromatic N) is 3. The molecule has 1 fully saturated rings. The lowest BCUT2D eigenvalue weighted by atomic mass is 10.1. The lowest BCUT2D eigenvalue weighted by molar-refractivity contribution is 0.137. The molecule has 4 rings (SSSR count). The van der Waals surface area contributed by atoms with E-state index in [0.717, 1.165) is 44.7 Å². The highest BCUT2D eigenvalue weighted by Gasteiger charge is 2.17. The van der Waals surface area contributed by atoms with Crippen LogP contribution in [0.25, 0.3) is 17.0 Å². The second-order valence-corrected chi connectivity index (χ2v) is 7.03. The number of aromatic nitrogens is 1. The van der Waals surface area contributed by atoms with E-state index in [0.29, 0.717) is 5.52 Å². The molecule has 0 aliphatic carbocycles. The SMILES string of the molecule is Oc1ccc(CN2CCN(C/C=C/c3ccccc3)CC2)c2cccnc12. The van der Waals surface area contributed by atoms with E-state index in [9.17, 15) is 5.11 Å². The number of hydrogen-bond acceptors (Lipinski definition) is 4. The second kappa shape index (κ2) is 8.33. The first kappa shape index (κ1) is 17.7. The molecule has 138 valence electrons. The standard InChI is InChI=1S/C23H25N3O/c27-22-11-10-20(21-9-4-12-24-23(21)22)18-26-16-14-25(15-17-26)13-5-8-19-6-2-1-3-7-19/h1-12,27H,13-18H2/b8-5+. The van der Waals surface area contributed by atoms with Gasteiger partial charge < -0.3 is 5.11 Å². The third-order valence-corrected chi connectivity index (χ3v) is 5.17. The van der Waals surface area contributed by atoms with Crippen LogP contribution >= 0.6 is 0 Å². The molecule has 0 bridgehead atoms. The van der Waals surface area contributed by atoms with Gasteiger partial charge in [-0.2, -0.15) is 0 Å². The van der Waals surface area contributed by atoms with E-state index in [1.54, 1.807) is 12.3 Å². The highest BCUT2D eigenvalue weighted by Crippen LogP contribution is 2.26. The summed E-state index contributed by atoms with van der Waals surface area (Å²) in [7, 11) is 0. The molecule has 1 aromatic heterocycles. The fourth-order valence-electron chi connectivity index (χ4n) is 3.63. The van der Waals surface area contributed by atoms with Gasteiger partial charge in [0.15, 0.2) is 0 Å². The smallest absolute Gasteiger partial charge is 0.141 e. The Morgan fingerprint density at radius 3 is 2.48 bits per heavy atom. The molecule has 27 heavy (non-hydrogen) atoms. The molecule has 0 saturated carbocycles. The van der Waals surface area contributed by atoms with Gasteiger partial charge in [0.1, 0.15) is 11.3 Å². The van der Waals surface area contributed by atoms with Gasteiger partial charge in [-0.3, -0.25) is 14.8 Å². The average Bonchev–Trinajstić information content (AvgIpc) is 2.72. The zero-order valence-electron chi connectivity index (χ0n) is 15.5. The molecule has 2 aromatic carbocycles. The summed E-state index contributed by atoms with van der Waals surface area (Å²) in [4.78, 5) is 9.30. The largest absolute Gasteiger partial charge is 0.506 e. The van der Waals surface area contributed by atoms with Crippen LogP contribution < -0.4 is 0 Å². The Kier molecular flexibility index (Phi) is 5.47. The molecule has 4 nitrogen and oxygen atoms in total. The maximum Gasteiger partial charge on any atom is 0.141 e. The summed E-state index contributed by atoms with van der Waals surface area (Å²) in [5.74, 6) is 0.254. The summed E-state index contributed by atoms with van der Waals surface area (Å²) in [6.07, 6.45) is 6.18. The minimum atomic E-state index is 0.254. The third-order valence-electron chi connectivity index (χ3n) is 5.17. The molecule has 0 unspecified atom stereocenters. The van der Waals surface area contributed by atoms with Crippen molar-refractivity contribution < 1.29 is 5.11 Å². The Morgan fingerprint density at radius 2 is 1.67 bits per heavy atom. The molecule has 1 saturated heterocycles. The Bertz CT molecular complexity index is 915. The van der Waals surface area contributed by atoms with Crippen LogP contribution in [0, 0.1) is 0 Å². The van der Waals surface area contributed by atoms with E-state index < -0.39 is 0 Å². The molecule has 1 aliphatic heterocycles. The molecule has 1 N–H and O–H groups in total. The summed E-state index contributed by atoms with van der Waals surface area (Å²) in [6.45, 7) is 6.16. The molecule has 1 aliphatic rings. The monoisotopic (exact) mass is 359 g/mol. The maximum absolute atomic E-state index is 10.0. The summed E-state index contributed by atoms with van der Waals surface area (Å²) < 4.78 is 0. The first-order valence-corrected chi connectivity index (χ1v) is 9.51. The quantitative estimate of drug-likeness (QED) is 0.753. The van der Waals surface area contributed by atoms with E-state index >= 15 is 0 Å². The number of fused-ring (bicyclic) bond motifs is 1. The topological polar surface area (TPSA) is 39.6 Å². The van der Waals surface area contributed by atoms with Crippen LogP contribution in [0.4, 0.5) is 0 Å². The van der Waals surface area contributed by atoms with Crippen LogP contribution in [-0.2, 0) is 6.54 Å². The molecule has 0 atom stereocenters. The minimum absolute atomic E-state index is 0.254. The fraction of sp³-hybridized carbons (Fsp3) is 0.261. The molecule has 3 aromatic rings. The highest BCUT2D eigenvalue weighted by atomic mass is 16.3. The lowest BCUT2D eigenvalue weighted by Crippen LogP contribution is -2.45. The van der Waals surface area contributed by atoms with Gasteiger partial charge in [0.05, 0.1) is 0 Å². The molecule has 4 heteroatoms. The molecule has 0 amide bonds. The van der Waals surface area contributed by atoms with Crippen LogP contribution in [0.15, 0.2) is 66.9 Å². The van der Waals surface area contributed by atoms with Crippen LogP contribution in [0.3, 0.4) is 0 Å². The predicted octanol–water partition coefficient (Wildman–Crippen LogP) is 3.77. The van der Waals surface area contributed by atoms with Crippen LogP contribution in [-0.4, -0.2) is 52.6 Å². The van der Waals surface area contributed by atoms with E-state index in [1.807, 2.05) is 24.3 Å². The van der Waals surface area contributed by atoms with Gasteiger partial charge in [-0.05, 0) is 23.3 Å². The van der Waals surface area contributed by atoms with Crippen LogP contribution in [0.5, 0.6) is 5.75 Å². The number of phenolic OH excluding ortho intramolecular Hbond substituents is 1. The number of benzene rings is 2. The van der Waals surface area contributed by atoms with Crippen molar-refractivity contribution in [3.05, 3.63) is 78.0 Å².